The van der Waals surface area contributed by atoms with Crippen molar-refractivity contribution in [2.75, 3.05) is 31.1 Å². The second-order valence-corrected chi connectivity index (χ2v) is 6.09. The maximum Gasteiger partial charge on any atom is 0.315 e. The standard InChI is InChI=1S/C17H23N5O4/c1-21-16(23)9-13(10-20-21)22-6-8-26-15(12-22)4-5-18-17(24)19-11-14-3-2-7-25-14/h2-3,7,9-10,15H,4-6,8,11-12H2,1H3,(H2,18,19,24). The quantitative estimate of drug-likeness (QED) is 0.775. The number of aryl methyl sites for hydroxylation is 1. The van der Waals surface area contributed by atoms with E-state index in [4.69, 9.17) is 9.15 Å². The summed E-state index contributed by atoms with van der Waals surface area (Å²) in [6.07, 6.45) is 3.92. The lowest BCUT2D eigenvalue weighted by Gasteiger charge is -2.34. The van der Waals surface area contributed by atoms with Gasteiger partial charge in [-0.15, -0.1) is 0 Å². The fourth-order valence-corrected chi connectivity index (χ4v) is 2.75. The van der Waals surface area contributed by atoms with Crippen molar-refractivity contribution >= 4 is 11.7 Å². The lowest BCUT2D eigenvalue weighted by atomic mass is 10.2. The van der Waals surface area contributed by atoms with E-state index in [-0.39, 0.29) is 17.7 Å². The van der Waals surface area contributed by atoms with Gasteiger partial charge in [-0.3, -0.25) is 4.79 Å². The van der Waals surface area contributed by atoms with Crippen molar-refractivity contribution in [3.63, 3.8) is 0 Å². The number of carbonyl (C=O) groups is 1. The lowest BCUT2D eigenvalue weighted by molar-refractivity contribution is 0.0358. The minimum Gasteiger partial charge on any atom is -0.467 e. The molecule has 9 nitrogen and oxygen atoms in total. The van der Waals surface area contributed by atoms with E-state index >= 15 is 0 Å². The molecule has 1 aliphatic heterocycles. The van der Waals surface area contributed by atoms with E-state index in [2.05, 4.69) is 20.6 Å². The van der Waals surface area contributed by atoms with Gasteiger partial charge in [-0.2, -0.15) is 5.10 Å². The van der Waals surface area contributed by atoms with Gasteiger partial charge in [0.15, 0.2) is 0 Å². The summed E-state index contributed by atoms with van der Waals surface area (Å²) >= 11 is 0. The molecule has 3 heterocycles. The van der Waals surface area contributed by atoms with E-state index in [0.29, 0.717) is 45.0 Å². The van der Waals surface area contributed by atoms with E-state index in [1.807, 2.05) is 0 Å². The summed E-state index contributed by atoms with van der Waals surface area (Å²) in [4.78, 5) is 25.6. The minimum absolute atomic E-state index is 0.0156. The molecule has 1 saturated heterocycles. The van der Waals surface area contributed by atoms with Gasteiger partial charge in [0.05, 0.1) is 37.4 Å². The molecule has 0 saturated carbocycles. The Kier molecular flexibility index (Phi) is 5.90. The molecule has 26 heavy (non-hydrogen) atoms. The molecule has 1 unspecified atom stereocenters. The summed E-state index contributed by atoms with van der Waals surface area (Å²) in [5.74, 6) is 0.703. The molecule has 2 aromatic heterocycles. The third kappa shape index (κ3) is 4.85. The minimum atomic E-state index is -0.246. The van der Waals surface area contributed by atoms with Crippen LogP contribution in [0.2, 0.25) is 0 Å². The summed E-state index contributed by atoms with van der Waals surface area (Å²) in [6.45, 7) is 2.79. The summed E-state index contributed by atoms with van der Waals surface area (Å²) in [5.41, 5.74) is 0.658. The maximum absolute atomic E-state index is 11.8. The third-order valence-corrected chi connectivity index (χ3v) is 4.21. The molecular weight excluding hydrogens is 338 g/mol. The molecule has 2 amide bonds. The van der Waals surface area contributed by atoms with Crippen LogP contribution in [0.3, 0.4) is 0 Å². The fraction of sp³-hybridized carbons (Fsp3) is 0.471. The molecule has 0 spiro atoms. The number of nitrogens with zero attached hydrogens (tertiary/aromatic N) is 3. The molecule has 1 atom stereocenters. The number of ether oxygens (including phenoxy) is 1. The smallest absolute Gasteiger partial charge is 0.315 e. The average Bonchev–Trinajstić information content (AvgIpc) is 3.16. The summed E-state index contributed by atoms with van der Waals surface area (Å²) in [6, 6.07) is 4.91. The van der Waals surface area contributed by atoms with Crippen LogP contribution in [0.25, 0.3) is 0 Å². The van der Waals surface area contributed by atoms with Crippen LogP contribution >= 0.6 is 0 Å². The van der Waals surface area contributed by atoms with Crippen LogP contribution in [0.15, 0.2) is 39.9 Å². The van der Waals surface area contributed by atoms with E-state index in [1.54, 1.807) is 37.7 Å². The highest BCUT2D eigenvalue weighted by atomic mass is 16.5. The van der Waals surface area contributed by atoms with Crippen LogP contribution in [0, 0.1) is 0 Å². The zero-order valence-electron chi connectivity index (χ0n) is 14.7. The molecule has 0 bridgehead atoms. The Balaban J connectivity index is 1.41. The summed E-state index contributed by atoms with van der Waals surface area (Å²) < 4.78 is 12.2. The van der Waals surface area contributed by atoms with Gasteiger partial charge < -0.3 is 24.7 Å². The first kappa shape index (κ1) is 18.0. The lowest BCUT2D eigenvalue weighted by Crippen LogP contribution is -2.45. The number of urea groups is 1. The second kappa shape index (κ2) is 8.52. The number of nitrogens with one attached hydrogen (secondary N) is 2. The van der Waals surface area contributed by atoms with Gasteiger partial charge >= 0.3 is 6.03 Å². The number of morpholine rings is 1. The molecule has 140 valence electrons. The molecule has 9 heteroatoms. The predicted octanol–water partition coefficient (Wildman–Crippen LogP) is 0.468. The predicted molar refractivity (Wildman–Crippen MR) is 95.0 cm³/mol. The van der Waals surface area contributed by atoms with Gasteiger partial charge in [0, 0.05) is 32.7 Å². The first-order valence-electron chi connectivity index (χ1n) is 8.56. The fourth-order valence-electron chi connectivity index (χ4n) is 2.75. The number of aromatic nitrogens is 2. The summed E-state index contributed by atoms with van der Waals surface area (Å²) in [7, 11) is 1.62. The van der Waals surface area contributed by atoms with Crippen molar-refractivity contribution in [1.82, 2.24) is 20.4 Å². The van der Waals surface area contributed by atoms with E-state index in [0.717, 1.165) is 5.69 Å². The Bertz CT molecular complexity index is 774. The van der Waals surface area contributed by atoms with Crippen LogP contribution in [0.1, 0.15) is 12.2 Å². The SMILES string of the molecule is Cn1ncc(N2CCOC(CCNC(=O)NCc3ccco3)C2)cc1=O. The van der Waals surface area contributed by atoms with Crippen molar-refractivity contribution in [2.45, 2.75) is 19.1 Å². The Morgan fingerprint density at radius 1 is 1.42 bits per heavy atom. The normalized spacial score (nSPS) is 17.1. The topological polar surface area (TPSA) is 102 Å². The van der Waals surface area contributed by atoms with Gasteiger partial charge in [0.2, 0.25) is 0 Å². The summed E-state index contributed by atoms with van der Waals surface area (Å²) in [5, 5.41) is 9.59. The van der Waals surface area contributed by atoms with E-state index < -0.39 is 0 Å². The number of rotatable bonds is 6. The molecule has 1 fully saturated rings. The first-order chi connectivity index (χ1) is 12.6. The number of anilines is 1. The van der Waals surface area contributed by atoms with Crippen molar-refractivity contribution in [3.8, 4) is 0 Å². The third-order valence-electron chi connectivity index (χ3n) is 4.21. The van der Waals surface area contributed by atoms with Crippen molar-refractivity contribution < 1.29 is 13.9 Å². The molecule has 2 N–H and O–H groups in total. The molecule has 3 rings (SSSR count). The molecular formula is C17H23N5O4. The first-order valence-corrected chi connectivity index (χ1v) is 8.56. The van der Waals surface area contributed by atoms with Gasteiger partial charge in [-0.25, -0.2) is 9.48 Å². The van der Waals surface area contributed by atoms with Gasteiger partial charge in [-0.05, 0) is 18.6 Å². The van der Waals surface area contributed by atoms with Gasteiger partial charge in [0.1, 0.15) is 5.76 Å². The molecule has 1 aliphatic rings. The van der Waals surface area contributed by atoms with Crippen LogP contribution in [0.5, 0.6) is 0 Å². The largest absolute Gasteiger partial charge is 0.467 e. The number of amides is 2. The molecule has 2 aromatic rings. The Morgan fingerprint density at radius 2 is 2.31 bits per heavy atom. The van der Waals surface area contributed by atoms with E-state index in [1.165, 1.54) is 4.68 Å². The molecule has 0 radical (unpaired) electrons. The van der Waals surface area contributed by atoms with Crippen molar-refractivity contribution in [3.05, 3.63) is 46.8 Å². The highest BCUT2D eigenvalue weighted by Crippen LogP contribution is 2.16. The number of furan rings is 1. The number of carbonyl (C=O) groups excluding carboxylic acids is 1. The number of hydrogen-bond donors (Lipinski definition) is 2. The molecule has 0 aromatic carbocycles. The van der Waals surface area contributed by atoms with Crippen LogP contribution in [-0.4, -0.2) is 48.2 Å². The average molecular weight is 361 g/mol. The Hall–Kier alpha value is -2.81. The highest BCUT2D eigenvalue weighted by Gasteiger charge is 2.21. The molecule has 0 aliphatic carbocycles. The second-order valence-electron chi connectivity index (χ2n) is 6.09. The Morgan fingerprint density at radius 3 is 3.08 bits per heavy atom. The number of hydrogen-bond acceptors (Lipinski definition) is 6. The monoisotopic (exact) mass is 361 g/mol. The van der Waals surface area contributed by atoms with Gasteiger partial charge in [-0.1, -0.05) is 0 Å². The maximum atomic E-state index is 11.8. The van der Waals surface area contributed by atoms with E-state index in [9.17, 15) is 9.59 Å². The zero-order chi connectivity index (χ0) is 18.4. The van der Waals surface area contributed by atoms with Crippen LogP contribution in [0.4, 0.5) is 10.5 Å². The van der Waals surface area contributed by atoms with Crippen molar-refractivity contribution in [1.29, 1.82) is 0 Å². The Labute approximate surface area is 150 Å². The highest BCUT2D eigenvalue weighted by molar-refractivity contribution is 5.73. The van der Waals surface area contributed by atoms with Crippen LogP contribution < -0.4 is 21.1 Å². The zero-order valence-corrected chi connectivity index (χ0v) is 14.7. The van der Waals surface area contributed by atoms with Crippen LogP contribution in [-0.2, 0) is 18.3 Å². The van der Waals surface area contributed by atoms with Crippen molar-refractivity contribution in [2.24, 2.45) is 7.05 Å². The van der Waals surface area contributed by atoms with Gasteiger partial charge in [0.25, 0.3) is 5.56 Å².